The molecule has 128 valence electrons. The average molecular weight is 340 g/mol. The van der Waals surface area contributed by atoms with E-state index in [4.69, 9.17) is 4.74 Å². The fourth-order valence-corrected chi connectivity index (χ4v) is 3.26. The molecule has 9 heteroatoms. The lowest BCUT2D eigenvalue weighted by Crippen LogP contribution is -2.47. The van der Waals surface area contributed by atoms with Crippen LogP contribution in [-0.2, 0) is 10.9 Å². The Balaban J connectivity index is 1.60. The molecule has 0 amide bonds. The van der Waals surface area contributed by atoms with E-state index >= 15 is 0 Å². The van der Waals surface area contributed by atoms with E-state index in [9.17, 15) is 18.3 Å². The highest BCUT2D eigenvalue weighted by atomic mass is 19.4. The molecule has 0 unspecified atom stereocenters. The van der Waals surface area contributed by atoms with E-state index in [1.807, 2.05) is 0 Å². The second kappa shape index (κ2) is 5.25. The third-order valence-electron chi connectivity index (χ3n) is 4.80. The van der Waals surface area contributed by atoms with Crippen molar-refractivity contribution in [3.63, 3.8) is 0 Å². The number of hydrogen-bond acceptors (Lipinski definition) is 5. The van der Waals surface area contributed by atoms with Crippen LogP contribution < -0.4 is 0 Å². The topological polar surface area (TPSA) is 73.1 Å². The van der Waals surface area contributed by atoms with E-state index in [2.05, 4.69) is 15.3 Å². The highest BCUT2D eigenvalue weighted by Gasteiger charge is 2.53. The number of nitrogens with zero attached hydrogens (tertiary/aromatic N) is 4. The lowest BCUT2D eigenvalue weighted by molar-refractivity contribution is -0.141. The van der Waals surface area contributed by atoms with Crippen LogP contribution in [-0.4, -0.2) is 43.4 Å². The molecular formula is C15H15F3N4O2. The molecule has 24 heavy (non-hydrogen) atoms. The Bertz CT molecular complexity index is 757. The molecule has 2 aromatic rings. The second-order valence-electron chi connectivity index (χ2n) is 6.23. The molecular weight excluding hydrogens is 325 g/mol. The molecule has 0 bridgehead atoms. The van der Waals surface area contributed by atoms with Gasteiger partial charge in [-0.3, -0.25) is 0 Å². The summed E-state index contributed by atoms with van der Waals surface area (Å²) in [6, 6.07) is 3.24. The van der Waals surface area contributed by atoms with Crippen LogP contribution in [0.2, 0.25) is 0 Å². The minimum Gasteiger partial charge on any atom is -0.388 e. The lowest BCUT2D eigenvalue weighted by Gasteiger charge is -2.40. The Morgan fingerprint density at radius 2 is 2.04 bits per heavy atom. The third kappa shape index (κ3) is 2.39. The number of rotatable bonds is 2. The van der Waals surface area contributed by atoms with Crippen molar-refractivity contribution in [1.82, 2.24) is 20.0 Å². The lowest BCUT2D eigenvalue weighted by atomic mass is 9.75. The third-order valence-corrected chi connectivity index (χ3v) is 4.80. The molecule has 0 aromatic carbocycles. The van der Waals surface area contributed by atoms with Gasteiger partial charge in [0.15, 0.2) is 0 Å². The van der Waals surface area contributed by atoms with Crippen molar-refractivity contribution in [2.24, 2.45) is 0 Å². The number of aliphatic hydroxyl groups excluding tert-OH is 1. The van der Waals surface area contributed by atoms with E-state index in [-0.39, 0.29) is 11.4 Å². The SMILES string of the molecule is O[C@@H]1[C@@H](n2cc(-c3cccc(C(F)(F)F)n3)nn2)COC12CCC2. The zero-order chi connectivity index (χ0) is 16.9. The van der Waals surface area contributed by atoms with Gasteiger partial charge in [0.2, 0.25) is 0 Å². The van der Waals surface area contributed by atoms with Crippen LogP contribution >= 0.6 is 0 Å². The van der Waals surface area contributed by atoms with Crippen molar-refractivity contribution < 1.29 is 23.0 Å². The molecule has 3 heterocycles. The van der Waals surface area contributed by atoms with E-state index in [1.165, 1.54) is 23.0 Å². The number of alkyl halides is 3. The summed E-state index contributed by atoms with van der Waals surface area (Å²) in [5.41, 5.74) is -1.16. The quantitative estimate of drug-likeness (QED) is 0.907. The first-order valence-corrected chi connectivity index (χ1v) is 7.68. The van der Waals surface area contributed by atoms with Gasteiger partial charge in [0.25, 0.3) is 0 Å². The van der Waals surface area contributed by atoms with E-state index < -0.39 is 29.6 Å². The fourth-order valence-electron chi connectivity index (χ4n) is 3.26. The number of ether oxygens (including phenoxy) is 1. The molecule has 1 saturated heterocycles. The van der Waals surface area contributed by atoms with Crippen LogP contribution in [0.25, 0.3) is 11.4 Å². The van der Waals surface area contributed by atoms with Crippen LogP contribution in [0.4, 0.5) is 13.2 Å². The predicted molar refractivity (Wildman–Crippen MR) is 75.8 cm³/mol. The molecule has 1 saturated carbocycles. The first-order chi connectivity index (χ1) is 11.4. The molecule has 4 rings (SSSR count). The van der Waals surface area contributed by atoms with Gasteiger partial charge in [-0.15, -0.1) is 5.10 Å². The first-order valence-electron chi connectivity index (χ1n) is 7.68. The van der Waals surface area contributed by atoms with Crippen LogP contribution in [0.1, 0.15) is 31.0 Å². The van der Waals surface area contributed by atoms with Gasteiger partial charge in [-0.1, -0.05) is 11.3 Å². The van der Waals surface area contributed by atoms with Gasteiger partial charge in [-0.05, 0) is 31.4 Å². The summed E-state index contributed by atoms with van der Waals surface area (Å²) in [5, 5.41) is 18.3. The molecule has 0 radical (unpaired) electrons. The fraction of sp³-hybridized carbons (Fsp3) is 0.533. The summed E-state index contributed by atoms with van der Waals surface area (Å²) in [6.45, 7) is 0.306. The standard InChI is InChI=1S/C15H15F3N4O2/c16-15(17,18)12-4-1-3-9(19-12)10-7-22(21-20-10)11-8-24-14(13(11)23)5-2-6-14/h1,3-4,7,11,13,23H,2,5-6,8H2/t11-,13+/m0/s1. The van der Waals surface area contributed by atoms with E-state index in [0.29, 0.717) is 6.61 Å². The molecule has 1 aliphatic heterocycles. The zero-order valence-corrected chi connectivity index (χ0v) is 12.6. The second-order valence-corrected chi connectivity index (χ2v) is 6.23. The number of pyridine rings is 1. The first kappa shape index (κ1) is 15.5. The predicted octanol–water partition coefficient (Wildman–Crippen LogP) is 2.21. The van der Waals surface area contributed by atoms with Crippen LogP contribution in [0.15, 0.2) is 24.4 Å². The Hall–Kier alpha value is -2.00. The maximum absolute atomic E-state index is 12.8. The molecule has 6 nitrogen and oxygen atoms in total. The van der Waals surface area contributed by atoms with Gasteiger partial charge in [0, 0.05) is 0 Å². The number of halogens is 3. The maximum Gasteiger partial charge on any atom is 0.433 e. The van der Waals surface area contributed by atoms with Gasteiger partial charge in [0.1, 0.15) is 23.5 Å². The van der Waals surface area contributed by atoms with E-state index in [1.54, 1.807) is 0 Å². The minimum absolute atomic E-state index is 0.0860. The van der Waals surface area contributed by atoms with Crippen molar-refractivity contribution in [3.8, 4) is 11.4 Å². The Kier molecular flexibility index (Phi) is 3.40. The Morgan fingerprint density at radius 3 is 2.67 bits per heavy atom. The molecule has 2 aromatic heterocycles. The van der Waals surface area contributed by atoms with Crippen molar-refractivity contribution >= 4 is 0 Å². The van der Waals surface area contributed by atoms with Crippen molar-refractivity contribution in [1.29, 1.82) is 0 Å². The maximum atomic E-state index is 12.8. The monoisotopic (exact) mass is 340 g/mol. The van der Waals surface area contributed by atoms with Crippen LogP contribution in [0, 0.1) is 0 Å². The number of hydrogen-bond donors (Lipinski definition) is 1. The van der Waals surface area contributed by atoms with Gasteiger partial charge >= 0.3 is 6.18 Å². The van der Waals surface area contributed by atoms with Gasteiger partial charge in [-0.2, -0.15) is 13.2 Å². The van der Waals surface area contributed by atoms with Gasteiger partial charge in [-0.25, -0.2) is 9.67 Å². The Labute approximate surface area is 135 Å². The van der Waals surface area contributed by atoms with E-state index in [0.717, 1.165) is 25.3 Å². The Morgan fingerprint density at radius 1 is 1.25 bits per heavy atom. The van der Waals surface area contributed by atoms with Gasteiger partial charge in [0.05, 0.1) is 24.1 Å². The largest absolute Gasteiger partial charge is 0.433 e. The van der Waals surface area contributed by atoms with Crippen molar-refractivity contribution in [3.05, 3.63) is 30.1 Å². The normalized spacial score (nSPS) is 25.8. The smallest absolute Gasteiger partial charge is 0.388 e. The van der Waals surface area contributed by atoms with Crippen LogP contribution in [0.3, 0.4) is 0 Å². The van der Waals surface area contributed by atoms with Crippen molar-refractivity contribution in [2.75, 3.05) is 6.61 Å². The number of aliphatic hydroxyl groups is 1. The molecule has 2 atom stereocenters. The summed E-state index contributed by atoms with van der Waals surface area (Å²) in [7, 11) is 0. The van der Waals surface area contributed by atoms with Crippen LogP contribution in [0.5, 0.6) is 0 Å². The highest BCUT2D eigenvalue weighted by Crippen LogP contribution is 2.46. The summed E-state index contributed by atoms with van der Waals surface area (Å²) in [4.78, 5) is 3.59. The average Bonchev–Trinajstić information content (AvgIpc) is 3.10. The molecule has 1 spiro atoms. The number of aromatic nitrogens is 4. The summed E-state index contributed by atoms with van der Waals surface area (Å²) in [5.74, 6) is 0. The summed E-state index contributed by atoms with van der Waals surface area (Å²) >= 11 is 0. The zero-order valence-electron chi connectivity index (χ0n) is 12.6. The highest BCUT2D eigenvalue weighted by molar-refractivity contribution is 5.52. The summed E-state index contributed by atoms with van der Waals surface area (Å²) < 4.78 is 45.5. The summed E-state index contributed by atoms with van der Waals surface area (Å²) in [6.07, 6.45) is -1.09. The molecule has 1 N–H and O–H groups in total. The van der Waals surface area contributed by atoms with Crippen molar-refractivity contribution in [2.45, 2.75) is 43.2 Å². The van der Waals surface area contributed by atoms with Gasteiger partial charge < -0.3 is 9.84 Å². The minimum atomic E-state index is -4.52. The molecule has 2 fully saturated rings. The molecule has 1 aliphatic carbocycles. The molecule has 2 aliphatic rings.